The molecule has 2 aromatic carbocycles. The zero-order valence-electron chi connectivity index (χ0n) is 19.9. The Morgan fingerprint density at radius 2 is 1.57 bits per heavy atom. The molecule has 0 atom stereocenters. The number of para-hydroxylation sites is 1. The van der Waals surface area contributed by atoms with Crippen LogP contribution in [-0.4, -0.2) is 12.4 Å². The van der Waals surface area contributed by atoms with Crippen LogP contribution in [0.2, 0.25) is 0 Å². The molecule has 2 aromatic rings. The highest BCUT2D eigenvalue weighted by molar-refractivity contribution is 5.88. The second-order valence-corrected chi connectivity index (χ2v) is 9.29. The van der Waals surface area contributed by atoms with Crippen LogP contribution in [0.5, 0.6) is 0 Å². The standard InChI is InChI=1S/C27H37N3/c1-17(2)24-10-9-11-25(18(3)4)26(24)29-22(8)14-23-15-28-16-30(23)27-20(6)12-19(5)13-21(27)7/h9-13,15,17-18,28H,14,16H2,1-8H3. The van der Waals surface area contributed by atoms with E-state index in [9.17, 15) is 0 Å². The van der Waals surface area contributed by atoms with Gasteiger partial charge in [-0.2, -0.15) is 0 Å². The highest BCUT2D eigenvalue weighted by atomic mass is 15.3. The highest BCUT2D eigenvalue weighted by Gasteiger charge is 2.21. The van der Waals surface area contributed by atoms with Crippen LogP contribution in [0.25, 0.3) is 0 Å². The second kappa shape index (κ2) is 9.07. The molecule has 1 aliphatic heterocycles. The number of hydrogen-bond acceptors (Lipinski definition) is 3. The number of benzene rings is 2. The Bertz CT molecular complexity index is 930. The number of nitrogens with zero attached hydrogens (tertiary/aromatic N) is 2. The molecule has 30 heavy (non-hydrogen) atoms. The predicted octanol–water partition coefficient (Wildman–Crippen LogP) is 7.25. The molecule has 0 saturated carbocycles. The minimum atomic E-state index is 0.456. The first-order valence-corrected chi connectivity index (χ1v) is 11.1. The van der Waals surface area contributed by atoms with Crippen molar-refractivity contribution in [3.63, 3.8) is 0 Å². The van der Waals surface area contributed by atoms with Gasteiger partial charge in [-0.05, 0) is 61.8 Å². The van der Waals surface area contributed by atoms with Crippen molar-refractivity contribution in [3.8, 4) is 0 Å². The maximum Gasteiger partial charge on any atom is 0.0919 e. The predicted molar refractivity (Wildman–Crippen MR) is 131 cm³/mol. The molecule has 0 bridgehead atoms. The van der Waals surface area contributed by atoms with E-state index in [1.54, 1.807) is 0 Å². The molecule has 3 nitrogen and oxygen atoms in total. The van der Waals surface area contributed by atoms with Crippen LogP contribution in [0.4, 0.5) is 11.4 Å². The molecule has 0 spiro atoms. The molecule has 3 heteroatoms. The quantitative estimate of drug-likeness (QED) is 0.514. The molecular weight excluding hydrogens is 366 g/mol. The van der Waals surface area contributed by atoms with Crippen molar-refractivity contribution in [2.24, 2.45) is 4.99 Å². The van der Waals surface area contributed by atoms with Crippen LogP contribution in [-0.2, 0) is 0 Å². The first-order chi connectivity index (χ1) is 14.2. The van der Waals surface area contributed by atoms with Crippen LogP contribution in [0.15, 0.2) is 47.2 Å². The van der Waals surface area contributed by atoms with Gasteiger partial charge >= 0.3 is 0 Å². The molecular formula is C27H37N3. The van der Waals surface area contributed by atoms with Crippen LogP contribution in [0, 0.1) is 20.8 Å². The zero-order valence-corrected chi connectivity index (χ0v) is 19.9. The number of allylic oxidation sites excluding steroid dienone is 1. The molecule has 0 fully saturated rings. The van der Waals surface area contributed by atoms with Crippen molar-refractivity contribution in [2.75, 3.05) is 11.6 Å². The summed E-state index contributed by atoms with van der Waals surface area (Å²) in [5.74, 6) is 0.911. The third kappa shape index (κ3) is 4.61. The fourth-order valence-electron chi connectivity index (χ4n) is 4.53. The number of anilines is 1. The third-order valence-electron chi connectivity index (χ3n) is 5.85. The van der Waals surface area contributed by atoms with E-state index >= 15 is 0 Å². The van der Waals surface area contributed by atoms with Gasteiger partial charge in [-0.3, -0.25) is 4.99 Å². The first-order valence-electron chi connectivity index (χ1n) is 11.1. The summed E-state index contributed by atoms with van der Waals surface area (Å²) in [6.45, 7) is 18.6. The summed E-state index contributed by atoms with van der Waals surface area (Å²) in [5, 5.41) is 3.43. The Morgan fingerprint density at radius 1 is 1.00 bits per heavy atom. The zero-order chi connectivity index (χ0) is 22.0. The molecule has 160 valence electrons. The summed E-state index contributed by atoms with van der Waals surface area (Å²) < 4.78 is 0. The Balaban J connectivity index is 1.93. The van der Waals surface area contributed by atoms with E-state index in [0.29, 0.717) is 11.8 Å². The maximum absolute atomic E-state index is 5.17. The SMILES string of the molecule is CC(CC1=CNCN1c1c(C)cc(C)cc1C)=Nc1c(C(C)C)cccc1C(C)C. The van der Waals surface area contributed by atoms with Gasteiger partial charge in [0.1, 0.15) is 0 Å². The molecule has 0 aromatic heterocycles. The van der Waals surface area contributed by atoms with E-state index in [2.05, 4.69) is 102 Å². The molecule has 1 aliphatic rings. The van der Waals surface area contributed by atoms with Crippen molar-refractivity contribution < 1.29 is 0 Å². The van der Waals surface area contributed by atoms with Gasteiger partial charge in [-0.15, -0.1) is 0 Å². The Hall–Kier alpha value is -2.55. The van der Waals surface area contributed by atoms with Crippen molar-refractivity contribution >= 4 is 17.1 Å². The lowest BCUT2D eigenvalue weighted by molar-refractivity contribution is 0.834. The molecule has 0 saturated heterocycles. The minimum absolute atomic E-state index is 0.456. The fourth-order valence-corrected chi connectivity index (χ4v) is 4.53. The smallest absolute Gasteiger partial charge is 0.0919 e. The van der Waals surface area contributed by atoms with Crippen molar-refractivity contribution in [1.29, 1.82) is 0 Å². The second-order valence-electron chi connectivity index (χ2n) is 9.29. The van der Waals surface area contributed by atoms with Gasteiger partial charge in [0, 0.05) is 29.7 Å². The summed E-state index contributed by atoms with van der Waals surface area (Å²) in [7, 11) is 0. The number of nitrogens with one attached hydrogen (secondary N) is 1. The summed E-state index contributed by atoms with van der Waals surface area (Å²) in [5.41, 5.74) is 11.5. The summed E-state index contributed by atoms with van der Waals surface area (Å²) in [6, 6.07) is 11.2. The number of rotatable bonds is 6. The van der Waals surface area contributed by atoms with E-state index < -0.39 is 0 Å². The van der Waals surface area contributed by atoms with Gasteiger partial charge in [0.2, 0.25) is 0 Å². The number of aryl methyl sites for hydroxylation is 3. The largest absolute Gasteiger partial charge is 0.372 e. The van der Waals surface area contributed by atoms with E-state index in [-0.39, 0.29) is 0 Å². The molecule has 3 rings (SSSR count). The van der Waals surface area contributed by atoms with Crippen LogP contribution < -0.4 is 10.2 Å². The van der Waals surface area contributed by atoms with Crippen LogP contribution in [0.3, 0.4) is 0 Å². The highest BCUT2D eigenvalue weighted by Crippen LogP contribution is 2.36. The molecule has 0 radical (unpaired) electrons. The van der Waals surface area contributed by atoms with Crippen LogP contribution in [0.1, 0.15) is 80.7 Å². The van der Waals surface area contributed by atoms with Crippen molar-refractivity contribution in [1.82, 2.24) is 5.32 Å². The minimum Gasteiger partial charge on any atom is -0.372 e. The molecule has 0 aliphatic carbocycles. The topological polar surface area (TPSA) is 27.6 Å². The third-order valence-corrected chi connectivity index (χ3v) is 5.85. The normalized spacial score (nSPS) is 14.5. The first kappa shape index (κ1) is 22.1. The van der Waals surface area contributed by atoms with Gasteiger partial charge in [0.15, 0.2) is 0 Å². The van der Waals surface area contributed by atoms with Gasteiger partial charge in [0.25, 0.3) is 0 Å². The van der Waals surface area contributed by atoms with Crippen molar-refractivity contribution in [3.05, 3.63) is 70.0 Å². The lowest BCUT2D eigenvalue weighted by Gasteiger charge is -2.26. The van der Waals surface area contributed by atoms with Gasteiger partial charge in [-0.1, -0.05) is 63.6 Å². The average Bonchev–Trinajstić information content (AvgIpc) is 3.08. The van der Waals surface area contributed by atoms with Gasteiger partial charge in [-0.25, -0.2) is 0 Å². The van der Waals surface area contributed by atoms with E-state index in [1.165, 1.54) is 44.9 Å². The summed E-state index contributed by atoms with van der Waals surface area (Å²) >= 11 is 0. The Labute approximate surface area is 182 Å². The number of hydrogen-bond donors (Lipinski definition) is 1. The summed E-state index contributed by atoms with van der Waals surface area (Å²) in [6.07, 6.45) is 2.99. The lowest BCUT2D eigenvalue weighted by atomic mass is 9.93. The monoisotopic (exact) mass is 403 g/mol. The lowest BCUT2D eigenvalue weighted by Crippen LogP contribution is -2.25. The Morgan fingerprint density at radius 3 is 2.10 bits per heavy atom. The average molecular weight is 404 g/mol. The van der Waals surface area contributed by atoms with Gasteiger partial charge < -0.3 is 10.2 Å². The fraction of sp³-hybridized carbons (Fsp3) is 0.444. The van der Waals surface area contributed by atoms with E-state index in [4.69, 9.17) is 4.99 Å². The van der Waals surface area contributed by atoms with Crippen molar-refractivity contribution in [2.45, 2.75) is 73.6 Å². The molecule has 0 amide bonds. The van der Waals surface area contributed by atoms with Crippen LogP contribution >= 0.6 is 0 Å². The molecule has 1 heterocycles. The van der Waals surface area contributed by atoms with E-state index in [1.807, 2.05) is 0 Å². The van der Waals surface area contributed by atoms with E-state index in [0.717, 1.165) is 18.8 Å². The molecule has 1 N–H and O–H groups in total. The van der Waals surface area contributed by atoms with Gasteiger partial charge in [0.05, 0.1) is 12.4 Å². The number of aliphatic imine (C=N–C) groups is 1. The molecule has 0 unspecified atom stereocenters. The Kier molecular flexibility index (Phi) is 6.70. The summed E-state index contributed by atoms with van der Waals surface area (Å²) in [4.78, 5) is 7.58. The maximum atomic E-state index is 5.17.